The van der Waals surface area contributed by atoms with Gasteiger partial charge in [-0.3, -0.25) is 14.5 Å². The summed E-state index contributed by atoms with van der Waals surface area (Å²) in [4.78, 5) is 32.1. The van der Waals surface area contributed by atoms with Crippen molar-refractivity contribution >= 4 is 11.8 Å². The molecule has 1 aliphatic carbocycles. The fourth-order valence-corrected chi connectivity index (χ4v) is 4.86. The molecular formula is C23H34N4O2. The van der Waals surface area contributed by atoms with Gasteiger partial charge in [0, 0.05) is 51.7 Å². The summed E-state index contributed by atoms with van der Waals surface area (Å²) in [7, 11) is 0. The highest BCUT2D eigenvalue weighted by Gasteiger charge is 2.45. The van der Waals surface area contributed by atoms with Crippen molar-refractivity contribution < 1.29 is 9.59 Å². The molecule has 29 heavy (non-hydrogen) atoms. The van der Waals surface area contributed by atoms with Crippen molar-refractivity contribution in [2.24, 2.45) is 0 Å². The molecule has 1 aromatic rings. The molecule has 3 aliphatic rings. The lowest BCUT2D eigenvalue weighted by atomic mass is 10.1. The van der Waals surface area contributed by atoms with E-state index in [1.165, 1.54) is 24.0 Å². The van der Waals surface area contributed by atoms with Crippen LogP contribution in [0, 0.1) is 6.92 Å². The van der Waals surface area contributed by atoms with Gasteiger partial charge in [-0.05, 0) is 50.3 Å². The zero-order chi connectivity index (χ0) is 20.4. The Hall–Kier alpha value is -1.92. The fraction of sp³-hybridized carbons (Fsp3) is 0.652. The summed E-state index contributed by atoms with van der Waals surface area (Å²) >= 11 is 0. The summed E-state index contributed by atoms with van der Waals surface area (Å²) in [6.45, 7) is 8.66. The predicted octanol–water partition coefficient (Wildman–Crippen LogP) is 1.77. The molecule has 2 atom stereocenters. The summed E-state index contributed by atoms with van der Waals surface area (Å²) in [5, 5.41) is 3.36. The Balaban J connectivity index is 1.50. The zero-order valence-corrected chi connectivity index (χ0v) is 17.8. The molecule has 6 heteroatoms. The molecule has 0 bridgehead atoms. The Morgan fingerprint density at radius 3 is 2.66 bits per heavy atom. The highest BCUT2D eigenvalue weighted by Crippen LogP contribution is 2.35. The van der Waals surface area contributed by atoms with Crippen molar-refractivity contribution in [1.29, 1.82) is 0 Å². The Bertz CT molecular complexity index is 740. The molecule has 0 radical (unpaired) electrons. The van der Waals surface area contributed by atoms with Crippen LogP contribution in [0.2, 0.25) is 0 Å². The molecule has 0 aromatic heterocycles. The van der Waals surface area contributed by atoms with Crippen molar-refractivity contribution in [2.45, 2.75) is 64.2 Å². The van der Waals surface area contributed by atoms with Crippen molar-refractivity contribution in [3.63, 3.8) is 0 Å². The van der Waals surface area contributed by atoms with Crippen molar-refractivity contribution in [3.05, 3.63) is 35.4 Å². The summed E-state index contributed by atoms with van der Waals surface area (Å²) in [6.07, 6.45) is 4.17. The van der Waals surface area contributed by atoms with Gasteiger partial charge in [0.05, 0.1) is 0 Å². The van der Waals surface area contributed by atoms with Gasteiger partial charge >= 0.3 is 0 Å². The van der Waals surface area contributed by atoms with Crippen molar-refractivity contribution in [2.75, 3.05) is 32.7 Å². The molecule has 3 fully saturated rings. The number of amides is 2. The lowest BCUT2D eigenvalue weighted by molar-refractivity contribution is -0.142. The van der Waals surface area contributed by atoms with Crippen LogP contribution < -0.4 is 5.32 Å². The van der Waals surface area contributed by atoms with Gasteiger partial charge < -0.3 is 15.1 Å². The van der Waals surface area contributed by atoms with Gasteiger partial charge in [0.15, 0.2) is 0 Å². The summed E-state index contributed by atoms with van der Waals surface area (Å²) in [5.74, 6) is 0.156. The van der Waals surface area contributed by atoms with E-state index in [-0.39, 0.29) is 23.9 Å². The first-order chi connectivity index (χ1) is 14.0. The topological polar surface area (TPSA) is 55.9 Å². The second-order valence-corrected chi connectivity index (χ2v) is 8.84. The van der Waals surface area contributed by atoms with Gasteiger partial charge in [0.25, 0.3) is 0 Å². The Morgan fingerprint density at radius 2 is 1.93 bits per heavy atom. The number of benzene rings is 1. The number of carbonyl (C=O) groups is 2. The molecule has 2 saturated heterocycles. The smallest absolute Gasteiger partial charge is 0.245 e. The molecule has 2 heterocycles. The third-order valence-corrected chi connectivity index (χ3v) is 6.72. The number of nitrogens with zero attached hydrogens (tertiary/aromatic N) is 3. The van der Waals surface area contributed by atoms with Gasteiger partial charge in [0.1, 0.15) is 6.04 Å². The minimum atomic E-state index is -0.311. The minimum absolute atomic E-state index is 0.0189. The highest BCUT2D eigenvalue weighted by molar-refractivity contribution is 5.87. The third-order valence-electron chi connectivity index (χ3n) is 6.72. The lowest BCUT2D eigenvalue weighted by Crippen LogP contribution is -2.48. The molecule has 1 N–H and O–H groups in total. The molecule has 158 valence electrons. The Labute approximate surface area is 174 Å². The average molecular weight is 399 g/mol. The highest BCUT2D eigenvalue weighted by atomic mass is 16.2. The SMILES string of the molecule is CC(=O)N1CC(N(Cc2ccccc2C)C2CC2)CC1C(=O)N1CCCNCC1. The number of nitrogens with one attached hydrogen (secondary N) is 1. The quantitative estimate of drug-likeness (QED) is 0.821. The number of rotatable bonds is 5. The van der Waals surface area contributed by atoms with E-state index >= 15 is 0 Å². The van der Waals surface area contributed by atoms with Gasteiger partial charge in [-0.25, -0.2) is 0 Å². The molecule has 1 aromatic carbocycles. The van der Waals surface area contributed by atoms with Crippen LogP contribution in [0.3, 0.4) is 0 Å². The molecular weight excluding hydrogens is 364 g/mol. The standard InChI is InChI=1S/C23H34N4O2/c1-17-6-3-4-7-19(17)15-27(20-8-9-20)21-14-22(26(16-21)18(2)28)23(29)25-12-5-10-24-11-13-25/h3-4,6-7,20-22,24H,5,8-16H2,1-2H3. The summed E-state index contributed by atoms with van der Waals surface area (Å²) in [5.41, 5.74) is 2.66. The first-order valence-electron chi connectivity index (χ1n) is 11.1. The van der Waals surface area contributed by atoms with Gasteiger partial charge in [-0.1, -0.05) is 24.3 Å². The number of likely N-dealkylation sites (tertiary alicyclic amines) is 1. The molecule has 2 unspecified atom stereocenters. The van der Waals surface area contributed by atoms with Crippen LogP contribution in [0.1, 0.15) is 43.7 Å². The van der Waals surface area contributed by atoms with Crippen LogP contribution in [0.4, 0.5) is 0 Å². The van der Waals surface area contributed by atoms with E-state index in [1.807, 2.05) is 9.80 Å². The van der Waals surface area contributed by atoms with Crippen molar-refractivity contribution in [1.82, 2.24) is 20.0 Å². The first-order valence-corrected chi connectivity index (χ1v) is 11.1. The maximum absolute atomic E-state index is 13.3. The molecule has 6 nitrogen and oxygen atoms in total. The number of aryl methyl sites for hydroxylation is 1. The maximum Gasteiger partial charge on any atom is 0.245 e. The zero-order valence-electron chi connectivity index (χ0n) is 17.8. The van der Waals surface area contributed by atoms with Gasteiger partial charge in [0.2, 0.25) is 11.8 Å². The van der Waals surface area contributed by atoms with Crippen LogP contribution in [-0.2, 0) is 16.1 Å². The molecule has 4 rings (SSSR count). The monoisotopic (exact) mass is 398 g/mol. The van der Waals surface area contributed by atoms with E-state index in [2.05, 4.69) is 41.4 Å². The second-order valence-electron chi connectivity index (χ2n) is 8.84. The van der Waals surface area contributed by atoms with Crippen LogP contribution in [0.5, 0.6) is 0 Å². The van der Waals surface area contributed by atoms with E-state index in [4.69, 9.17) is 0 Å². The van der Waals surface area contributed by atoms with Gasteiger partial charge in [-0.2, -0.15) is 0 Å². The Morgan fingerprint density at radius 1 is 1.14 bits per heavy atom. The van der Waals surface area contributed by atoms with Crippen LogP contribution in [-0.4, -0.2) is 77.4 Å². The minimum Gasteiger partial charge on any atom is -0.340 e. The van der Waals surface area contributed by atoms with E-state index in [0.29, 0.717) is 12.6 Å². The van der Waals surface area contributed by atoms with E-state index in [0.717, 1.165) is 45.6 Å². The van der Waals surface area contributed by atoms with Gasteiger partial charge in [-0.15, -0.1) is 0 Å². The van der Waals surface area contributed by atoms with Crippen LogP contribution >= 0.6 is 0 Å². The van der Waals surface area contributed by atoms with E-state index < -0.39 is 0 Å². The summed E-state index contributed by atoms with van der Waals surface area (Å²) < 4.78 is 0. The van der Waals surface area contributed by atoms with E-state index in [1.54, 1.807) is 6.92 Å². The summed E-state index contributed by atoms with van der Waals surface area (Å²) in [6, 6.07) is 9.08. The largest absolute Gasteiger partial charge is 0.340 e. The van der Waals surface area contributed by atoms with Crippen LogP contribution in [0.25, 0.3) is 0 Å². The fourth-order valence-electron chi connectivity index (χ4n) is 4.86. The predicted molar refractivity (Wildman–Crippen MR) is 113 cm³/mol. The normalized spacial score (nSPS) is 25.3. The third kappa shape index (κ3) is 4.64. The molecule has 2 amide bonds. The number of carbonyl (C=O) groups excluding carboxylic acids is 2. The Kier molecular flexibility index (Phi) is 6.20. The van der Waals surface area contributed by atoms with Crippen molar-refractivity contribution in [3.8, 4) is 0 Å². The average Bonchev–Trinajstić information content (AvgIpc) is 3.49. The van der Waals surface area contributed by atoms with E-state index in [9.17, 15) is 9.59 Å². The van der Waals surface area contributed by atoms with Crippen LogP contribution in [0.15, 0.2) is 24.3 Å². The number of hydrogen-bond acceptors (Lipinski definition) is 4. The molecule has 2 aliphatic heterocycles. The second kappa shape index (κ2) is 8.84. The number of hydrogen-bond donors (Lipinski definition) is 1. The molecule has 0 spiro atoms. The first kappa shape index (κ1) is 20.4. The maximum atomic E-state index is 13.3. The molecule has 1 saturated carbocycles. The lowest BCUT2D eigenvalue weighted by Gasteiger charge is -2.29.